The Kier molecular flexibility index (Phi) is 2.74. The molecule has 18 heavy (non-hydrogen) atoms. The maximum absolute atomic E-state index is 11.3. The zero-order chi connectivity index (χ0) is 13.1. The molecule has 1 saturated heterocycles. The maximum Gasteiger partial charge on any atom is 0.306 e. The van der Waals surface area contributed by atoms with Crippen molar-refractivity contribution in [3.8, 4) is 0 Å². The van der Waals surface area contributed by atoms with E-state index < -0.39 is 5.97 Å². The van der Waals surface area contributed by atoms with Gasteiger partial charge in [0.1, 0.15) is 0 Å². The van der Waals surface area contributed by atoms with Gasteiger partial charge in [0.05, 0.1) is 17.6 Å². The zero-order valence-electron chi connectivity index (χ0n) is 11.6. The van der Waals surface area contributed by atoms with Crippen LogP contribution in [0.4, 0.5) is 0 Å². The molecule has 3 rings (SSSR count). The second-order valence-electron chi connectivity index (χ2n) is 6.98. The predicted molar refractivity (Wildman–Crippen MR) is 68.2 cm³/mol. The first kappa shape index (κ1) is 12.5. The highest BCUT2D eigenvalue weighted by Gasteiger charge is 2.64. The number of hydrogen-bond donors (Lipinski definition) is 1. The summed E-state index contributed by atoms with van der Waals surface area (Å²) in [7, 11) is 0. The van der Waals surface area contributed by atoms with Crippen molar-refractivity contribution >= 4 is 5.97 Å². The van der Waals surface area contributed by atoms with E-state index in [-0.39, 0.29) is 11.5 Å². The van der Waals surface area contributed by atoms with Crippen LogP contribution in [0.5, 0.6) is 0 Å². The number of carboxylic acids is 1. The summed E-state index contributed by atoms with van der Waals surface area (Å²) < 4.78 is 5.95. The number of fused-ring (bicyclic) bond motifs is 3. The van der Waals surface area contributed by atoms with Crippen LogP contribution in [0.15, 0.2) is 0 Å². The summed E-state index contributed by atoms with van der Waals surface area (Å²) >= 11 is 0. The monoisotopic (exact) mass is 252 g/mol. The first-order valence-electron chi connectivity index (χ1n) is 7.34. The highest BCUT2D eigenvalue weighted by atomic mass is 16.6. The molecule has 0 aromatic heterocycles. The highest BCUT2D eigenvalue weighted by molar-refractivity contribution is 5.70. The third-order valence-electron chi connectivity index (χ3n) is 5.97. The van der Waals surface area contributed by atoms with Crippen LogP contribution in [0.1, 0.15) is 46.5 Å². The number of aliphatic carboxylic acids is 1. The Morgan fingerprint density at radius 1 is 1.39 bits per heavy atom. The molecule has 1 N–H and O–H groups in total. The quantitative estimate of drug-likeness (QED) is 0.769. The Labute approximate surface area is 109 Å². The van der Waals surface area contributed by atoms with Crippen LogP contribution in [-0.4, -0.2) is 22.8 Å². The van der Waals surface area contributed by atoms with Crippen LogP contribution in [0.3, 0.4) is 0 Å². The number of epoxide rings is 1. The van der Waals surface area contributed by atoms with Crippen LogP contribution in [0.25, 0.3) is 0 Å². The lowest BCUT2D eigenvalue weighted by molar-refractivity contribution is -0.145. The van der Waals surface area contributed by atoms with Gasteiger partial charge in [-0.15, -0.1) is 0 Å². The summed E-state index contributed by atoms with van der Waals surface area (Å²) in [6.45, 7) is 6.42. The van der Waals surface area contributed by atoms with Gasteiger partial charge in [-0.3, -0.25) is 4.79 Å². The Balaban J connectivity index is 1.85. The van der Waals surface area contributed by atoms with Gasteiger partial charge in [-0.2, -0.15) is 0 Å². The molecule has 7 unspecified atom stereocenters. The van der Waals surface area contributed by atoms with Gasteiger partial charge in [0.25, 0.3) is 0 Å². The van der Waals surface area contributed by atoms with E-state index in [1.807, 2.05) is 6.92 Å². The molecule has 3 aliphatic rings. The van der Waals surface area contributed by atoms with E-state index >= 15 is 0 Å². The number of rotatable bonds is 2. The molecule has 3 heteroatoms. The van der Waals surface area contributed by atoms with Crippen LogP contribution >= 0.6 is 0 Å². The van der Waals surface area contributed by atoms with Gasteiger partial charge in [-0.25, -0.2) is 0 Å². The van der Waals surface area contributed by atoms with Crippen molar-refractivity contribution in [1.29, 1.82) is 0 Å². The first-order valence-corrected chi connectivity index (χ1v) is 7.34. The molecule has 0 amide bonds. The van der Waals surface area contributed by atoms with Crippen molar-refractivity contribution in [2.24, 2.45) is 29.6 Å². The molecule has 0 aromatic carbocycles. The third-order valence-corrected chi connectivity index (χ3v) is 5.97. The number of ether oxygens (including phenoxy) is 1. The Hall–Kier alpha value is -0.570. The minimum absolute atomic E-state index is 0.0781. The van der Waals surface area contributed by atoms with Gasteiger partial charge in [0.15, 0.2) is 0 Å². The molecule has 0 radical (unpaired) electrons. The fourth-order valence-electron chi connectivity index (χ4n) is 4.65. The van der Waals surface area contributed by atoms with Crippen LogP contribution in [-0.2, 0) is 9.53 Å². The highest BCUT2D eigenvalue weighted by Crippen LogP contribution is 2.60. The van der Waals surface area contributed by atoms with Gasteiger partial charge in [-0.1, -0.05) is 20.3 Å². The average Bonchev–Trinajstić information content (AvgIpc) is 3.01. The normalized spacial score (nSPS) is 52.1. The molecule has 3 nitrogen and oxygen atoms in total. The molecule has 1 aliphatic heterocycles. The summed E-state index contributed by atoms with van der Waals surface area (Å²) in [6, 6.07) is 0. The van der Waals surface area contributed by atoms with Gasteiger partial charge >= 0.3 is 5.97 Å². The topological polar surface area (TPSA) is 49.8 Å². The molecule has 1 heterocycles. The van der Waals surface area contributed by atoms with E-state index in [1.165, 1.54) is 12.8 Å². The summed E-state index contributed by atoms with van der Waals surface area (Å²) in [5, 5.41) is 9.31. The Morgan fingerprint density at radius 3 is 2.78 bits per heavy atom. The number of carbonyl (C=O) groups is 1. The second kappa shape index (κ2) is 3.96. The molecule has 102 valence electrons. The fourth-order valence-corrected chi connectivity index (χ4v) is 4.65. The Morgan fingerprint density at radius 2 is 2.11 bits per heavy atom. The van der Waals surface area contributed by atoms with Crippen molar-refractivity contribution < 1.29 is 14.6 Å². The lowest BCUT2D eigenvalue weighted by Gasteiger charge is -2.45. The van der Waals surface area contributed by atoms with Gasteiger partial charge in [0, 0.05) is 0 Å². The van der Waals surface area contributed by atoms with Crippen molar-refractivity contribution in [2.45, 2.75) is 58.2 Å². The van der Waals surface area contributed by atoms with Gasteiger partial charge in [0.2, 0.25) is 0 Å². The van der Waals surface area contributed by atoms with E-state index in [4.69, 9.17) is 4.74 Å². The van der Waals surface area contributed by atoms with E-state index in [9.17, 15) is 9.90 Å². The SMILES string of the molecule is CC1CCC(C(C)C(=O)O)C2C1CCC1(C)OC21. The van der Waals surface area contributed by atoms with Gasteiger partial charge < -0.3 is 9.84 Å². The van der Waals surface area contributed by atoms with Crippen LogP contribution in [0, 0.1) is 29.6 Å². The number of carboxylic acid groups (broad SMARTS) is 1. The van der Waals surface area contributed by atoms with Crippen LogP contribution in [0.2, 0.25) is 0 Å². The predicted octanol–water partition coefficient (Wildman–Crippen LogP) is 2.94. The average molecular weight is 252 g/mol. The first-order chi connectivity index (χ1) is 8.44. The molecule has 3 fully saturated rings. The summed E-state index contributed by atoms with van der Waals surface area (Å²) in [4.78, 5) is 11.3. The maximum atomic E-state index is 11.3. The minimum atomic E-state index is -0.638. The van der Waals surface area contributed by atoms with Crippen molar-refractivity contribution in [1.82, 2.24) is 0 Å². The summed E-state index contributed by atoms with van der Waals surface area (Å²) in [5.41, 5.74) is 0.0781. The van der Waals surface area contributed by atoms with Crippen molar-refractivity contribution in [3.63, 3.8) is 0 Å². The largest absolute Gasteiger partial charge is 0.481 e. The molecule has 0 spiro atoms. The van der Waals surface area contributed by atoms with E-state index in [1.54, 1.807) is 0 Å². The lowest BCUT2D eigenvalue weighted by atomic mass is 9.57. The smallest absolute Gasteiger partial charge is 0.306 e. The minimum Gasteiger partial charge on any atom is -0.481 e. The molecular weight excluding hydrogens is 228 g/mol. The van der Waals surface area contributed by atoms with Crippen molar-refractivity contribution in [2.75, 3.05) is 0 Å². The van der Waals surface area contributed by atoms with Gasteiger partial charge in [-0.05, 0) is 49.9 Å². The summed E-state index contributed by atoms with van der Waals surface area (Å²) in [5.74, 6) is 1.36. The number of hydrogen-bond acceptors (Lipinski definition) is 2. The molecule has 0 aromatic rings. The molecule has 2 saturated carbocycles. The van der Waals surface area contributed by atoms with E-state index in [0.717, 1.165) is 18.8 Å². The van der Waals surface area contributed by atoms with Crippen LogP contribution < -0.4 is 0 Å². The Bertz CT molecular complexity index is 367. The zero-order valence-corrected chi connectivity index (χ0v) is 11.6. The third kappa shape index (κ3) is 1.70. The lowest BCUT2D eigenvalue weighted by Crippen LogP contribution is -2.45. The molecule has 7 atom stereocenters. The molecular formula is C15H24O3. The standard InChI is InChI=1S/C15H24O3/c1-8-4-5-11(9(2)14(16)17)12-10(8)6-7-15(3)13(12)18-15/h8-13H,4-7H2,1-3H3,(H,16,17). The van der Waals surface area contributed by atoms with E-state index in [0.29, 0.717) is 23.9 Å². The fraction of sp³-hybridized carbons (Fsp3) is 0.933. The molecule has 0 bridgehead atoms. The van der Waals surface area contributed by atoms with E-state index in [2.05, 4.69) is 13.8 Å². The van der Waals surface area contributed by atoms with Crippen molar-refractivity contribution in [3.05, 3.63) is 0 Å². The molecule has 2 aliphatic carbocycles. The second-order valence-corrected chi connectivity index (χ2v) is 6.98. The summed E-state index contributed by atoms with van der Waals surface area (Å²) in [6.07, 6.45) is 4.98.